The monoisotopic (exact) mass is 302 g/mol. The molecule has 0 aliphatic heterocycles. The summed E-state index contributed by atoms with van der Waals surface area (Å²) in [4.78, 5) is 11.0. The zero-order valence-corrected chi connectivity index (χ0v) is 11.5. The lowest BCUT2D eigenvalue weighted by molar-refractivity contribution is -0.123. The number of carbonyl (C=O) groups excluding carboxylic acids is 1. The first-order chi connectivity index (χ1) is 9.36. The van der Waals surface area contributed by atoms with Crippen LogP contribution in [0.4, 0.5) is 4.39 Å². The van der Waals surface area contributed by atoms with Crippen molar-refractivity contribution in [3.05, 3.63) is 24.0 Å². The third-order valence-electron chi connectivity index (χ3n) is 2.86. The van der Waals surface area contributed by atoms with E-state index in [-0.39, 0.29) is 18.3 Å². The number of carbonyl (C=O) groups is 1. The molecule has 110 valence electrons. The molecule has 1 fully saturated rings. The van der Waals surface area contributed by atoms with Gasteiger partial charge in [-0.3, -0.25) is 4.79 Å². The third kappa shape index (κ3) is 4.17. The summed E-state index contributed by atoms with van der Waals surface area (Å²) < 4.78 is 40.7. The van der Waals surface area contributed by atoms with Gasteiger partial charge in [0.15, 0.2) is 6.61 Å². The first kappa shape index (κ1) is 14.7. The number of hydrogen-bond acceptors (Lipinski definition) is 4. The highest BCUT2D eigenvalue weighted by Crippen LogP contribution is 2.27. The van der Waals surface area contributed by atoms with Crippen LogP contribution in [0.25, 0.3) is 0 Å². The molecule has 1 amide bonds. The topological polar surface area (TPSA) is 98.5 Å². The smallest absolute Gasteiger partial charge is 0.257 e. The summed E-state index contributed by atoms with van der Waals surface area (Å²) in [5.74, 6) is -0.721. The minimum Gasteiger partial charge on any atom is -0.482 e. The summed E-state index contributed by atoms with van der Waals surface area (Å²) in [5, 5.41) is 7.63. The molecule has 0 bridgehead atoms. The molecule has 8 heteroatoms. The van der Waals surface area contributed by atoms with Gasteiger partial charge in [0.1, 0.15) is 16.5 Å². The van der Waals surface area contributed by atoms with Gasteiger partial charge in [-0.15, -0.1) is 0 Å². The van der Waals surface area contributed by atoms with Crippen LogP contribution in [-0.4, -0.2) is 27.5 Å². The fourth-order valence-corrected chi connectivity index (χ4v) is 2.28. The highest BCUT2D eigenvalue weighted by Gasteiger charge is 2.22. The summed E-state index contributed by atoms with van der Waals surface area (Å²) in [5.41, 5.74) is 0. The second-order valence-electron chi connectivity index (χ2n) is 4.67. The van der Waals surface area contributed by atoms with Crippen LogP contribution in [-0.2, 0) is 14.8 Å². The first-order valence-corrected chi connectivity index (χ1v) is 7.63. The van der Waals surface area contributed by atoms with Crippen LogP contribution in [0.3, 0.4) is 0 Å². The van der Waals surface area contributed by atoms with Crippen molar-refractivity contribution in [3.8, 4) is 5.75 Å². The summed E-state index contributed by atoms with van der Waals surface area (Å²) in [6, 6.07) is 2.92. The molecule has 3 N–H and O–H groups in total. The number of ether oxygens (including phenoxy) is 1. The van der Waals surface area contributed by atoms with E-state index in [1.165, 1.54) is 0 Å². The van der Waals surface area contributed by atoms with Gasteiger partial charge in [-0.2, -0.15) is 0 Å². The lowest BCUT2D eigenvalue weighted by Crippen LogP contribution is -2.30. The summed E-state index contributed by atoms with van der Waals surface area (Å²) in [7, 11) is -4.12. The van der Waals surface area contributed by atoms with Crippen LogP contribution < -0.4 is 15.2 Å². The molecule has 20 heavy (non-hydrogen) atoms. The number of amides is 1. The van der Waals surface area contributed by atoms with Gasteiger partial charge in [0.2, 0.25) is 10.0 Å². The second kappa shape index (κ2) is 5.76. The highest BCUT2D eigenvalue weighted by atomic mass is 32.2. The Balaban J connectivity index is 1.99. The zero-order chi connectivity index (χ0) is 14.8. The Bertz CT molecular complexity index is 614. The third-order valence-corrected chi connectivity index (χ3v) is 3.79. The van der Waals surface area contributed by atoms with E-state index in [2.05, 4.69) is 5.32 Å². The van der Waals surface area contributed by atoms with Gasteiger partial charge >= 0.3 is 0 Å². The first-order valence-electron chi connectivity index (χ1n) is 6.08. The molecule has 1 aromatic rings. The molecule has 0 radical (unpaired) electrons. The fraction of sp³-hybridized carbons (Fsp3) is 0.417. The number of hydrogen-bond donors (Lipinski definition) is 2. The largest absolute Gasteiger partial charge is 0.482 e. The number of primary sulfonamides is 1. The summed E-state index contributed by atoms with van der Waals surface area (Å²) in [6.07, 6.45) is 2.21. The molecular weight excluding hydrogens is 287 g/mol. The van der Waals surface area contributed by atoms with Crippen LogP contribution in [0.15, 0.2) is 23.1 Å². The maximum atomic E-state index is 13.0. The zero-order valence-electron chi connectivity index (χ0n) is 10.6. The predicted octanol–water partition coefficient (Wildman–Crippen LogP) is 0.378. The van der Waals surface area contributed by atoms with Gasteiger partial charge < -0.3 is 10.1 Å². The van der Waals surface area contributed by atoms with Crippen molar-refractivity contribution >= 4 is 15.9 Å². The quantitative estimate of drug-likeness (QED) is 0.793. The molecule has 0 saturated heterocycles. The van der Waals surface area contributed by atoms with E-state index in [1.54, 1.807) is 0 Å². The van der Waals surface area contributed by atoms with Crippen molar-refractivity contribution in [1.29, 1.82) is 0 Å². The Kier molecular flexibility index (Phi) is 4.24. The highest BCUT2D eigenvalue weighted by molar-refractivity contribution is 7.89. The van der Waals surface area contributed by atoms with Gasteiger partial charge in [-0.25, -0.2) is 17.9 Å². The van der Waals surface area contributed by atoms with Crippen LogP contribution in [0.2, 0.25) is 0 Å². The Morgan fingerprint density at radius 1 is 1.45 bits per heavy atom. The van der Waals surface area contributed by atoms with Crippen molar-refractivity contribution in [2.24, 2.45) is 11.1 Å². The molecule has 0 aromatic heterocycles. The van der Waals surface area contributed by atoms with Gasteiger partial charge in [-0.1, -0.05) is 0 Å². The van der Waals surface area contributed by atoms with Crippen LogP contribution in [0, 0.1) is 11.7 Å². The van der Waals surface area contributed by atoms with E-state index in [0.29, 0.717) is 12.5 Å². The Morgan fingerprint density at radius 2 is 2.15 bits per heavy atom. The fourth-order valence-electron chi connectivity index (χ4n) is 1.60. The van der Waals surface area contributed by atoms with Gasteiger partial charge in [0, 0.05) is 6.54 Å². The van der Waals surface area contributed by atoms with E-state index in [0.717, 1.165) is 31.0 Å². The van der Waals surface area contributed by atoms with E-state index in [4.69, 9.17) is 9.88 Å². The molecule has 1 aliphatic carbocycles. The van der Waals surface area contributed by atoms with Gasteiger partial charge in [-0.05, 0) is 37.0 Å². The van der Waals surface area contributed by atoms with Crippen LogP contribution in [0.1, 0.15) is 12.8 Å². The molecular formula is C12H15FN2O4S. The van der Waals surface area contributed by atoms with E-state index in [9.17, 15) is 17.6 Å². The van der Waals surface area contributed by atoms with E-state index >= 15 is 0 Å². The molecule has 0 heterocycles. The molecule has 6 nitrogen and oxygen atoms in total. The molecule has 1 aliphatic rings. The van der Waals surface area contributed by atoms with Crippen LogP contribution in [0.5, 0.6) is 5.75 Å². The molecule has 0 atom stereocenters. The van der Waals surface area contributed by atoms with Crippen molar-refractivity contribution in [2.45, 2.75) is 17.7 Å². The number of nitrogens with one attached hydrogen (secondary N) is 1. The molecule has 1 saturated carbocycles. The Hall–Kier alpha value is -1.67. The average Bonchev–Trinajstić information content (AvgIpc) is 3.17. The molecule has 0 spiro atoms. The standard InChI is InChI=1S/C12H15FN2O4S/c13-9-3-4-10(11(5-9)20(14,17)18)19-7-12(16)15-6-8-1-2-8/h3-5,8H,1-2,6-7H2,(H,15,16)(H2,14,17,18). The number of benzene rings is 1. The average molecular weight is 302 g/mol. The normalized spacial score (nSPS) is 14.9. The molecule has 1 aromatic carbocycles. The summed E-state index contributed by atoms with van der Waals surface area (Å²) in [6.45, 7) is 0.245. The lowest BCUT2D eigenvalue weighted by atomic mass is 10.3. The van der Waals surface area contributed by atoms with Crippen molar-refractivity contribution in [3.63, 3.8) is 0 Å². The SMILES string of the molecule is NS(=O)(=O)c1cc(F)ccc1OCC(=O)NCC1CC1. The van der Waals surface area contributed by atoms with Crippen molar-refractivity contribution in [2.75, 3.05) is 13.2 Å². The lowest BCUT2D eigenvalue weighted by Gasteiger charge is -2.10. The number of rotatable bonds is 6. The van der Waals surface area contributed by atoms with Gasteiger partial charge in [0.25, 0.3) is 5.91 Å². The van der Waals surface area contributed by atoms with E-state index in [1.807, 2.05) is 0 Å². The minimum atomic E-state index is -4.12. The number of sulfonamides is 1. The number of halogens is 1. The van der Waals surface area contributed by atoms with E-state index < -0.39 is 20.7 Å². The summed E-state index contributed by atoms with van der Waals surface area (Å²) >= 11 is 0. The van der Waals surface area contributed by atoms with Crippen LogP contribution >= 0.6 is 0 Å². The van der Waals surface area contributed by atoms with Crippen molar-refractivity contribution in [1.82, 2.24) is 5.32 Å². The minimum absolute atomic E-state index is 0.143. The Morgan fingerprint density at radius 3 is 2.75 bits per heavy atom. The second-order valence-corrected chi connectivity index (χ2v) is 6.20. The maximum absolute atomic E-state index is 13.0. The molecule has 2 rings (SSSR count). The van der Waals surface area contributed by atoms with Crippen molar-refractivity contribution < 1.29 is 22.3 Å². The maximum Gasteiger partial charge on any atom is 0.257 e. The number of nitrogens with two attached hydrogens (primary N) is 1. The predicted molar refractivity (Wildman–Crippen MR) is 69.0 cm³/mol. The molecule has 0 unspecified atom stereocenters. The Labute approximate surface area is 116 Å². The van der Waals surface area contributed by atoms with Gasteiger partial charge in [0.05, 0.1) is 0 Å².